The predicted molar refractivity (Wildman–Crippen MR) is 71.9 cm³/mol. The van der Waals surface area contributed by atoms with E-state index in [2.05, 4.69) is 17.2 Å². The van der Waals surface area contributed by atoms with Crippen LogP contribution < -0.4 is 5.32 Å². The highest BCUT2D eigenvalue weighted by atomic mass is 16.5. The summed E-state index contributed by atoms with van der Waals surface area (Å²) >= 11 is 0. The van der Waals surface area contributed by atoms with Crippen molar-refractivity contribution in [3.8, 4) is 0 Å². The summed E-state index contributed by atoms with van der Waals surface area (Å²) in [4.78, 5) is 17.8. The lowest BCUT2D eigenvalue weighted by molar-refractivity contribution is 0.0744. The van der Waals surface area contributed by atoms with E-state index in [-0.39, 0.29) is 5.91 Å². The number of methoxy groups -OCH3 is 1. The number of carbonyl (C=O) groups is 1. The van der Waals surface area contributed by atoms with Gasteiger partial charge >= 0.3 is 0 Å². The number of nitrogens with one attached hydrogen (secondary N) is 1. The maximum Gasteiger partial charge on any atom is 0.255 e. The molecule has 0 aliphatic heterocycles. The van der Waals surface area contributed by atoms with E-state index in [0.29, 0.717) is 18.7 Å². The lowest BCUT2D eigenvalue weighted by Crippen LogP contribution is -2.30. The van der Waals surface area contributed by atoms with Crippen molar-refractivity contribution in [2.24, 2.45) is 0 Å². The summed E-state index contributed by atoms with van der Waals surface area (Å²) in [6.07, 6.45) is 2.64. The van der Waals surface area contributed by atoms with E-state index in [1.807, 2.05) is 6.07 Å². The Balaban J connectivity index is 2.58. The summed E-state index contributed by atoms with van der Waals surface area (Å²) in [5.74, 6) is 0.759. The van der Waals surface area contributed by atoms with Crippen LogP contribution in [0.3, 0.4) is 0 Å². The van der Waals surface area contributed by atoms with E-state index in [9.17, 15) is 4.79 Å². The van der Waals surface area contributed by atoms with Crippen molar-refractivity contribution >= 4 is 11.7 Å². The molecule has 0 bridgehead atoms. The summed E-state index contributed by atoms with van der Waals surface area (Å²) in [7, 11) is 3.37. The van der Waals surface area contributed by atoms with Gasteiger partial charge < -0.3 is 15.0 Å². The predicted octanol–water partition coefficient (Wildman–Crippen LogP) is 1.62. The fourth-order valence-electron chi connectivity index (χ4n) is 1.43. The van der Waals surface area contributed by atoms with Gasteiger partial charge in [-0.05, 0) is 18.6 Å². The number of hydrogen-bond acceptors (Lipinski definition) is 4. The Bertz CT molecular complexity index is 365. The highest BCUT2D eigenvalue weighted by Gasteiger charge is 2.11. The molecule has 1 aromatic rings. The third kappa shape index (κ3) is 4.33. The van der Waals surface area contributed by atoms with Crippen LogP contribution in [-0.2, 0) is 4.74 Å². The van der Waals surface area contributed by atoms with Gasteiger partial charge in [-0.2, -0.15) is 0 Å². The minimum absolute atomic E-state index is 0.0402. The van der Waals surface area contributed by atoms with Gasteiger partial charge in [-0.3, -0.25) is 4.79 Å². The number of ether oxygens (including phenoxy) is 1. The second-order valence-electron chi connectivity index (χ2n) is 4.08. The number of amides is 1. The summed E-state index contributed by atoms with van der Waals surface area (Å²) in [6.45, 7) is 4.08. The Morgan fingerprint density at radius 3 is 2.83 bits per heavy atom. The second kappa shape index (κ2) is 7.66. The zero-order valence-corrected chi connectivity index (χ0v) is 11.3. The molecule has 0 aliphatic carbocycles. The van der Waals surface area contributed by atoms with Gasteiger partial charge in [0.1, 0.15) is 5.82 Å². The van der Waals surface area contributed by atoms with Gasteiger partial charge in [-0.15, -0.1) is 0 Å². The van der Waals surface area contributed by atoms with Gasteiger partial charge in [-0.25, -0.2) is 4.98 Å². The van der Waals surface area contributed by atoms with E-state index in [0.717, 1.165) is 18.8 Å². The minimum Gasteiger partial charge on any atom is -0.383 e. The van der Waals surface area contributed by atoms with Crippen LogP contribution in [0.25, 0.3) is 0 Å². The maximum absolute atomic E-state index is 12.0. The Morgan fingerprint density at radius 1 is 1.50 bits per heavy atom. The van der Waals surface area contributed by atoms with Gasteiger partial charge in [0, 0.05) is 33.4 Å². The van der Waals surface area contributed by atoms with Crippen LogP contribution in [0.15, 0.2) is 18.3 Å². The molecular weight excluding hydrogens is 230 g/mol. The van der Waals surface area contributed by atoms with Gasteiger partial charge in [-0.1, -0.05) is 6.92 Å². The number of likely N-dealkylation sites (N-methyl/N-ethyl adjacent to an activating group) is 1. The molecule has 1 heterocycles. The standard InChI is InChI=1S/C13H21N3O2/c1-4-7-14-12-6-5-11(10-15-12)13(17)16(2)8-9-18-3/h5-6,10H,4,7-9H2,1-3H3,(H,14,15). The van der Waals surface area contributed by atoms with Gasteiger partial charge in [0.15, 0.2) is 0 Å². The summed E-state index contributed by atoms with van der Waals surface area (Å²) < 4.78 is 4.94. The quantitative estimate of drug-likeness (QED) is 0.800. The average molecular weight is 251 g/mol. The number of pyridine rings is 1. The third-order valence-corrected chi connectivity index (χ3v) is 2.54. The molecule has 0 fully saturated rings. The average Bonchev–Trinajstić information content (AvgIpc) is 2.42. The fourth-order valence-corrected chi connectivity index (χ4v) is 1.43. The van der Waals surface area contributed by atoms with Crippen LogP contribution in [0, 0.1) is 0 Å². The number of nitrogens with zero attached hydrogens (tertiary/aromatic N) is 2. The molecule has 5 heteroatoms. The summed E-state index contributed by atoms with van der Waals surface area (Å²) in [5.41, 5.74) is 0.593. The fraction of sp³-hybridized carbons (Fsp3) is 0.538. The van der Waals surface area contributed by atoms with E-state index < -0.39 is 0 Å². The highest BCUT2D eigenvalue weighted by molar-refractivity contribution is 5.93. The van der Waals surface area contributed by atoms with Crippen LogP contribution in [0.2, 0.25) is 0 Å². The van der Waals surface area contributed by atoms with Gasteiger partial charge in [0.05, 0.1) is 12.2 Å². The maximum atomic E-state index is 12.0. The van der Waals surface area contributed by atoms with Gasteiger partial charge in [0.25, 0.3) is 5.91 Å². The first-order valence-electron chi connectivity index (χ1n) is 6.13. The minimum atomic E-state index is -0.0402. The van der Waals surface area contributed by atoms with Crippen molar-refractivity contribution in [3.05, 3.63) is 23.9 Å². The zero-order chi connectivity index (χ0) is 13.4. The molecule has 0 radical (unpaired) electrons. The lowest BCUT2D eigenvalue weighted by atomic mass is 10.2. The smallest absolute Gasteiger partial charge is 0.255 e. The molecule has 0 saturated heterocycles. The topological polar surface area (TPSA) is 54.5 Å². The van der Waals surface area contributed by atoms with E-state index in [4.69, 9.17) is 4.74 Å². The number of aromatic nitrogens is 1. The van der Waals surface area contributed by atoms with E-state index in [1.165, 1.54) is 0 Å². The zero-order valence-electron chi connectivity index (χ0n) is 11.3. The van der Waals surface area contributed by atoms with Crippen LogP contribution in [-0.4, -0.2) is 49.6 Å². The molecule has 100 valence electrons. The summed E-state index contributed by atoms with van der Waals surface area (Å²) in [6, 6.07) is 3.61. The molecule has 18 heavy (non-hydrogen) atoms. The molecule has 0 atom stereocenters. The van der Waals surface area contributed by atoms with Crippen LogP contribution in [0.1, 0.15) is 23.7 Å². The van der Waals surface area contributed by atoms with Crippen molar-refractivity contribution in [1.29, 1.82) is 0 Å². The van der Waals surface area contributed by atoms with Crippen molar-refractivity contribution in [2.45, 2.75) is 13.3 Å². The van der Waals surface area contributed by atoms with Crippen molar-refractivity contribution in [3.63, 3.8) is 0 Å². The molecule has 1 aromatic heterocycles. The van der Waals surface area contributed by atoms with Crippen LogP contribution in [0.4, 0.5) is 5.82 Å². The third-order valence-electron chi connectivity index (χ3n) is 2.54. The molecule has 0 unspecified atom stereocenters. The SMILES string of the molecule is CCCNc1ccc(C(=O)N(C)CCOC)cn1. The van der Waals surface area contributed by atoms with Crippen molar-refractivity contribution in [2.75, 3.05) is 39.2 Å². The lowest BCUT2D eigenvalue weighted by Gasteiger charge is -2.16. The largest absolute Gasteiger partial charge is 0.383 e. The number of anilines is 1. The van der Waals surface area contributed by atoms with Crippen LogP contribution >= 0.6 is 0 Å². The molecule has 0 spiro atoms. The Hall–Kier alpha value is -1.62. The van der Waals surface area contributed by atoms with E-state index in [1.54, 1.807) is 31.3 Å². The van der Waals surface area contributed by atoms with E-state index >= 15 is 0 Å². The molecule has 1 amide bonds. The monoisotopic (exact) mass is 251 g/mol. The first-order chi connectivity index (χ1) is 8.69. The second-order valence-corrected chi connectivity index (χ2v) is 4.08. The Morgan fingerprint density at radius 2 is 2.28 bits per heavy atom. The van der Waals surface area contributed by atoms with Crippen molar-refractivity contribution < 1.29 is 9.53 Å². The molecule has 1 N–H and O–H groups in total. The molecule has 0 saturated carbocycles. The summed E-state index contributed by atoms with van der Waals surface area (Å²) in [5, 5.41) is 3.17. The molecule has 0 aliphatic rings. The van der Waals surface area contributed by atoms with Gasteiger partial charge in [0.2, 0.25) is 0 Å². The Labute approximate surface area is 108 Å². The number of carbonyl (C=O) groups excluding carboxylic acids is 1. The Kier molecular flexibility index (Phi) is 6.14. The normalized spacial score (nSPS) is 10.2. The highest BCUT2D eigenvalue weighted by Crippen LogP contribution is 2.07. The molecule has 0 aromatic carbocycles. The molecule has 5 nitrogen and oxygen atoms in total. The number of rotatable bonds is 7. The molecule has 1 rings (SSSR count). The first kappa shape index (κ1) is 14.4. The van der Waals surface area contributed by atoms with Crippen LogP contribution in [0.5, 0.6) is 0 Å². The molecular formula is C13H21N3O2. The van der Waals surface area contributed by atoms with Crippen molar-refractivity contribution in [1.82, 2.24) is 9.88 Å². The first-order valence-corrected chi connectivity index (χ1v) is 6.13. The number of hydrogen-bond donors (Lipinski definition) is 1.